The molecular weight excluding hydrogens is 404 g/mol. The Morgan fingerprint density at radius 3 is 1.08 bits per heavy atom. The van der Waals surface area contributed by atoms with Gasteiger partial charge in [-0.15, -0.1) is 0 Å². The van der Waals surface area contributed by atoms with Crippen LogP contribution in [-0.2, 0) is 34.8 Å². The second-order valence-corrected chi connectivity index (χ2v) is 5.18. The van der Waals surface area contributed by atoms with Crippen molar-refractivity contribution in [3.05, 3.63) is 0 Å². The Bertz CT molecular complexity index is 343. The van der Waals surface area contributed by atoms with E-state index in [1.165, 1.54) is 9.80 Å². The van der Waals surface area contributed by atoms with Crippen LogP contribution in [0.3, 0.4) is 0 Å². The predicted octanol–water partition coefficient (Wildman–Crippen LogP) is -3.39. The molecule has 0 aromatic carbocycles. The van der Waals surface area contributed by atoms with E-state index < -0.39 is 25.0 Å². The van der Waals surface area contributed by atoms with Crippen LogP contribution in [0.5, 0.6) is 0 Å². The molecule has 0 unspecified atom stereocenters. The number of thiocarbonyl (C=S) groups is 2. The summed E-state index contributed by atoms with van der Waals surface area (Å²) in [6.07, 6.45) is 0. The van der Waals surface area contributed by atoms with E-state index in [4.69, 9.17) is 0 Å². The third-order valence-corrected chi connectivity index (χ3v) is 2.83. The molecule has 0 saturated heterocycles. The zero-order valence-electron chi connectivity index (χ0n) is 14.0. The van der Waals surface area contributed by atoms with Gasteiger partial charge >= 0.3 is 0 Å². The standard InChI is InChI=1S/C8H12N2O4S4.4H3N.2H2O/c11-5(12)3-9(7(15)16)1-2-10(8(17)18)4-6(13)14;;;;;;/h1-4H2,(H,11,12)(H,13,14)(H,15,16)(H,17,18);4*1H3;2*1H2. The number of carbonyl (C=O) groups excluding carboxylic acids is 2. The smallest absolute Gasteiger partial charge is 0.0607 e. The monoisotopic (exact) mass is 432 g/mol. The molecule has 0 bridgehead atoms. The van der Waals surface area contributed by atoms with Crippen molar-refractivity contribution in [1.29, 1.82) is 0 Å². The number of hydrogen-bond donors (Lipinski definition) is 4. The Morgan fingerprint density at radius 2 is 0.958 bits per heavy atom. The summed E-state index contributed by atoms with van der Waals surface area (Å²) in [6.45, 7) is -0.766. The molecule has 0 aliphatic carbocycles. The Labute approximate surface area is 161 Å². The van der Waals surface area contributed by atoms with Crippen LogP contribution in [0.25, 0.3) is 0 Å². The normalized spacial score (nSPS) is 7.17. The molecule has 24 heavy (non-hydrogen) atoms. The summed E-state index contributed by atoms with van der Waals surface area (Å²) in [5.74, 6) is -2.68. The number of carboxylic acid groups (broad SMARTS) is 2. The summed E-state index contributed by atoms with van der Waals surface area (Å²) >= 11 is 18.7. The van der Waals surface area contributed by atoms with Gasteiger partial charge in [-0.25, -0.2) is 0 Å². The number of carbonyl (C=O) groups is 2. The molecule has 0 amide bonds. The van der Waals surface area contributed by atoms with E-state index in [0.29, 0.717) is 0 Å². The minimum Gasteiger partial charge on any atom is -0.548 e. The Balaban J connectivity index is -0.0000000963. The van der Waals surface area contributed by atoms with Crippen LogP contribution in [0.4, 0.5) is 0 Å². The first-order valence-corrected chi connectivity index (χ1v) is 6.19. The number of rotatable bonds is 7. The fourth-order valence-electron chi connectivity index (χ4n) is 1.02. The van der Waals surface area contributed by atoms with Crippen molar-refractivity contribution in [1.82, 2.24) is 34.4 Å². The largest absolute Gasteiger partial charge is 0.548 e. The maximum atomic E-state index is 10.4. The van der Waals surface area contributed by atoms with Gasteiger partial charge in [0.25, 0.3) is 0 Å². The zero-order chi connectivity index (χ0) is 14.3. The molecule has 0 rings (SSSR count). The summed E-state index contributed by atoms with van der Waals surface area (Å²) in [4.78, 5) is 23.2. The van der Waals surface area contributed by atoms with E-state index in [1.54, 1.807) is 0 Å². The van der Waals surface area contributed by atoms with Crippen molar-refractivity contribution in [2.24, 2.45) is 0 Å². The second-order valence-electron chi connectivity index (χ2n) is 3.12. The second kappa shape index (κ2) is 21.9. The lowest BCUT2D eigenvalue weighted by atomic mass is 10.4. The van der Waals surface area contributed by atoms with Crippen molar-refractivity contribution >= 4 is 70.3 Å². The minimum absolute atomic E-state index is 0. The van der Waals surface area contributed by atoms with Gasteiger partial charge in [0.1, 0.15) is 0 Å². The lowest BCUT2D eigenvalue weighted by molar-refractivity contribution is -0.307. The van der Waals surface area contributed by atoms with Gasteiger partial charge in [0.15, 0.2) is 0 Å². The zero-order valence-corrected chi connectivity index (χ0v) is 17.3. The van der Waals surface area contributed by atoms with Crippen molar-refractivity contribution in [3.8, 4) is 0 Å². The van der Waals surface area contributed by atoms with Crippen LogP contribution in [0.1, 0.15) is 0 Å². The van der Waals surface area contributed by atoms with Gasteiger partial charge in [-0.2, -0.15) is 0 Å². The molecule has 0 aliphatic heterocycles. The van der Waals surface area contributed by atoms with Gasteiger partial charge in [-0.1, -0.05) is 8.64 Å². The van der Waals surface area contributed by atoms with Crippen molar-refractivity contribution in [2.75, 3.05) is 26.2 Å². The average Bonchev–Trinajstić information content (AvgIpc) is 2.20. The van der Waals surface area contributed by atoms with Gasteiger partial charge in [-0.3, -0.25) is 0 Å². The Kier molecular flexibility index (Phi) is 39.7. The SMILES string of the molecule is O.O.O=C([O-])CN(CCN(CC(=O)[O-])C(=S)[S-])C(=S)[S-].[NH4+].[NH4+].[NH4+].[NH4+]. The van der Waals surface area contributed by atoms with E-state index >= 15 is 0 Å². The first-order chi connectivity index (χ1) is 8.23. The third kappa shape index (κ3) is 20.9. The molecule has 0 aromatic rings. The van der Waals surface area contributed by atoms with E-state index in [9.17, 15) is 19.8 Å². The molecule has 0 fully saturated rings. The fraction of sp³-hybridized carbons (Fsp3) is 0.500. The molecule has 12 nitrogen and oxygen atoms in total. The number of quaternary nitrogens is 4. The van der Waals surface area contributed by atoms with Gasteiger partial charge in [-0.05, 0) is 0 Å². The number of aliphatic carboxylic acids is 2. The average molecular weight is 433 g/mol. The quantitative estimate of drug-likeness (QED) is 0.228. The highest BCUT2D eigenvalue weighted by Gasteiger charge is 2.06. The van der Waals surface area contributed by atoms with Crippen LogP contribution >= 0.6 is 24.4 Å². The molecule has 0 heterocycles. The molecule has 16 heteroatoms. The highest BCUT2D eigenvalue weighted by atomic mass is 32.1. The number of hydrogen-bond acceptors (Lipinski definition) is 8. The highest BCUT2D eigenvalue weighted by molar-refractivity contribution is 8.00. The molecule has 0 radical (unpaired) electrons. The predicted molar refractivity (Wildman–Crippen MR) is 104 cm³/mol. The first-order valence-electron chi connectivity index (χ1n) is 4.55. The van der Waals surface area contributed by atoms with Gasteiger partial charge in [0.05, 0.1) is 25.0 Å². The number of carboxylic acids is 2. The fourth-order valence-corrected chi connectivity index (χ4v) is 1.65. The van der Waals surface area contributed by atoms with Crippen LogP contribution in [-0.4, -0.2) is 67.5 Å². The topological polar surface area (TPSA) is 296 Å². The molecular formula is C8H28N6O6S4. The lowest BCUT2D eigenvalue weighted by Gasteiger charge is -2.34. The van der Waals surface area contributed by atoms with Crippen molar-refractivity contribution < 1.29 is 30.8 Å². The summed E-state index contributed by atoms with van der Waals surface area (Å²) in [6, 6.07) is 0. The first kappa shape index (κ1) is 43.5. The molecule has 0 atom stereocenters. The van der Waals surface area contributed by atoms with Crippen LogP contribution in [0, 0.1) is 0 Å². The molecule has 0 spiro atoms. The Morgan fingerprint density at radius 1 is 0.750 bits per heavy atom. The highest BCUT2D eigenvalue weighted by Crippen LogP contribution is 1.96. The maximum absolute atomic E-state index is 10.4. The van der Waals surface area contributed by atoms with Crippen molar-refractivity contribution in [2.45, 2.75) is 0 Å². The summed E-state index contributed by atoms with van der Waals surface area (Å²) in [5, 5.41) is 20.9. The minimum atomic E-state index is -1.34. The number of nitrogens with zero attached hydrogens (tertiary/aromatic N) is 2. The Hall–Kier alpha value is -1.08. The van der Waals surface area contributed by atoms with Crippen LogP contribution in [0.2, 0.25) is 0 Å². The van der Waals surface area contributed by atoms with E-state index in [2.05, 4.69) is 49.7 Å². The molecule has 20 N–H and O–H groups in total. The molecule has 150 valence electrons. The molecule has 0 aromatic heterocycles. The van der Waals surface area contributed by atoms with Gasteiger partial charge in [0.2, 0.25) is 0 Å². The van der Waals surface area contributed by atoms with Gasteiger partial charge in [0, 0.05) is 13.1 Å². The van der Waals surface area contributed by atoms with E-state index in [0.717, 1.165) is 0 Å². The molecule has 0 aliphatic rings. The van der Waals surface area contributed by atoms with Gasteiger partial charge < -0.3 is 115 Å². The molecule has 0 saturated carbocycles. The lowest BCUT2D eigenvalue weighted by Crippen LogP contribution is -2.47. The van der Waals surface area contributed by atoms with Crippen molar-refractivity contribution in [3.63, 3.8) is 0 Å². The summed E-state index contributed by atoms with van der Waals surface area (Å²) in [7, 11) is 0. The van der Waals surface area contributed by atoms with E-state index in [1.807, 2.05) is 0 Å². The van der Waals surface area contributed by atoms with Crippen LogP contribution in [0.15, 0.2) is 0 Å². The summed E-state index contributed by atoms with van der Waals surface area (Å²) < 4.78 is -0.106. The third-order valence-electron chi connectivity index (χ3n) is 1.80. The van der Waals surface area contributed by atoms with Crippen LogP contribution < -0.4 is 34.8 Å². The van der Waals surface area contributed by atoms with E-state index in [-0.39, 0.29) is 57.3 Å². The summed E-state index contributed by atoms with van der Waals surface area (Å²) in [5.41, 5.74) is 0. The maximum Gasteiger partial charge on any atom is 0.0607 e.